The molecule has 0 bridgehead atoms. The van der Waals surface area contributed by atoms with Gasteiger partial charge in [0.15, 0.2) is 12.4 Å². The molecule has 1 unspecified atom stereocenters. The lowest BCUT2D eigenvalue weighted by Crippen LogP contribution is -2.39. The first-order chi connectivity index (χ1) is 20.1. The maximum Gasteiger partial charge on any atom is 0.273 e. The van der Waals surface area contributed by atoms with Crippen LogP contribution in [-0.4, -0.2) is 53.4 Å². The van der Waals surface area contributed by atoms with Gasteiger partial charge in [0.05, 0.1) is 11.6 Å². The third kappa shape index (κ3) is 6.02. The summed E-state index contributed by atoms with van der Waals surface area (Å²) in [6, 6.07) is 16.0. The van der Waals surface area contributed by atoms with Crippen molar-refractivity contribution in [2.75, 3.05) is 19.9 Å². The number of benzene rings is 2. The first kappa shape index (κ1) is 29.0. The van der Waals surface area contributed by atoms with Crippen LogP contribution in [-0.2, 0) is 11.2 Å². The Kier molecular flexibility index (Phi) is 7.97. The molecule has 1 atom stereocenters. The van der Waals surface area contributed by atoms with Crippen LogP contribution in [0.25, 0.3) is 16.9 Å². The van der Waals surface area contributed by atoms with Crippen LogP contribution in [0.1, 0.15) is 59.0 Å². The molecule has 6 rings (SSSR count). The third-order valence-corrected chi connectivity index (χ3v) is 10.3. The Balaban J connectivity index is 1.32. The predicted molar refractivity (Wildman–Crippen MR) is 167 cm³/mol. The van der Waals surface area contributed by atoms with Crippen LogP contribution in [0.5, 0.6) is 5.75 Å². The Hall–Kier alpha value is -3.08. The number of amides is 1. The lowest BCUT2D eigenvalue weighted by atomic mass is 9.93. The van der Waals surface area contributed by atoms with Crippen LogP contribution in [0.15, 0.2) is 53.0 Å². The molecule has 1 amide bonds. The van der Waals surface area contributed by atoms with Gasteiger partial charge in [-0.25, -0.2) is 13.9 Å². The van der Waals surface area contributed by atoms with Crippen molar-refractivity contribution < 1.29 is 18.7 Å². The molecule has 2 aliphatic rings. The van der Waals surface area contributed by atoms with E-state index in [2.05, 4.69) is 54.6 Å². The van der Waals surface area contributed by atoms with E-state index in [-0.39, 0.29) is 24.3 Å². The standard InChI is InChI=1S/C32H36BrFN4O3Si/c1-20-24-8-6-5-7-21(24)11-12-37(20)32(39)27-17-28(22-9-10-22)38-30(35-27)18-26(36-38)31-25(34)15-23(33)16-29(31)41-19-40-13-14-42(2,3)4/h5-8,15-18,20,22H,9-14,19H2,1-4H3. The van der Waals surface area contributed by atoms with Crippen LogP contribution >= 0.6 is 15.9 Å². The molecule has 1 fully saturated rings. The number of hydrogen-bond acceptors (Lipinski definition) is 5. The first-order valence-electron chi connectivity index (χ1n) is 14.6. The molecule has 0 radical (unpaired) electrons. The maximum absolute atomic E-state index is 15.5. The molecule has 42 heavy (non-hydrogen) atoms. The smallest absolute Gasteiger partial charge is 0.273 e. The van der Waals surface area contributed by atoms with Crippen molar-refractivity contribution in [3.63, 3.8) is 0 Å². The SMILES string of the molecule is CC1c2ccccc2CCN1C(=O)c1cc(C2CC2)n2nc(-c3c(F)cc(Br)cc3OCOCC[Si](C)(C)C)cc2n1. The van der Waals surface area contributed by atoms with E-state index in [0.717, 1.165) is 31.0 Å². The van der Waals surface area contributed by atoms with Crippen LogP contribution in [0, 0.1) is 5.82 Å². The van der Waals surface area contributed by atoms with E-state index < -0.39 is 13.9 Å². The van der Waals surface area contributed by atoms with Crippen LogP contribution in [0.2, 0.25) is 25.7 Å². The molecule has 220 valence electrons. The fourth-order valence-electron chi connectivity index (χ4n) is 5.55. The molecule has 0 saturated heterocycles. The second-order valence-corrected chi connectivity index (χ2v) is 19.0. The van der Waals surface area contributed by atoms with Gasteiger partial charge in [-0.2, -0.15) is 5.10 Å². The average molecular weight is 652 g/mol. The van der Waals surface area contributed by atoms with Crippen LogP contribution < -0.4 is 4.74 Å². The summed E-state index contributed by atoms with van der Waals surface area (Å²) >= 11 is 3.38. The highest BCUT2D eigenvalue weighted by atomic mass is 79.9. The summed E-state index contributed by atoms with van der Waals surface area (Å²) in [7, 11) is -1.24. The van der Waals surface area contributed by atoms with E-state index in [0.29, 0.717) is 46.3 Å². The highest BCUT2D eigenvalue weighted by molar-refractivity contribution is 9.10. The third-order valence-electron chi connectivity index (χ3n) is 8.09. The fourth-order valence-corrected chi connectivity index (χ4v) is 6.72. The minimum Gasteiger partial charge on any atom is -0.467 e. The average Bonchev–Trinajstić information content (AvgIpc) is 3.70. The number of ether oxygens (including phenoxy) is 2. The molecule has 7 nitrogen and oxygen atoms in total. The molecule has 1 aliphatic heterocycles. The number of carbonyl (C=O) groups excluding carboxylic acids is 1. The zero-order valence-corrected chi connectivity index (χ0v) is 27.1. The monoisotopic (exact) mass is 650 g/mol. The molecule has 1 saturated carbocycles. The lowest BCUT2D eigenvalue weighted by Gasteiger charge is -2.35. The lowest BCUT2D eigenvalue weighted by molar-refractivity contribution is 0.0222. The van der Waals surface area contributed by atoms with E-state index >= 15 is 4.39 Å². The van der Waals surface area contributed by atoms with E-state index in [4.69, 9.17) is 19.6 Å². The molecule has 2 aromatic carbocycles. The second-order valence-electron chi connectivity index (χ2n) is 12.5. The van der Waals surface area contributed by atoms with Crippen LogP contribution in [0.3, 0.4) is 0 Å². The van der Waals surface area contributed by atoms with Crippen molar-refractivity contribution in [3.8, 4) is 17.0 Å². The summed E-state index contributed by atoms with van der Waals surface area (Å²) in [4.78, 5) is 20.5. The minimum absolute atomic E-state index is 0.0160. The van der Waals surface area contributed by atoms with Gasteiger partial charge in [0.25, 0.3) is 5.91 Å². The number of rotatable bonds is 9. The van der Waals surface area contributed by atoms with E-state index in [1.165, 1.54) is 17.2 Å². The van der Waals surface area contributed by atoms with Crippen molar-refractivity contribution in [1.29, 1.82) is 0 Å². The number of aromatic nitrogens is 3. The summed E-state index contributed by atoms with van der Waals surface area (Å²) in [5.41, 5.74) is 4.94. The normalized spacial score (nSPS) is 17.0. The quantitative estimate of drug-likeness (QED) is 0.106. The van der Waals surface area contributed by atoms with Crippen molar-refractivity contribution in [3.05, 3.63) is 81.3 Å². The van der Waals surface area contributed by atoms with Gasteiger partial charge in [0.1, 0.15) is 23.0 Å². The molecule has 10 heteroatoms. The molecule has 2 aromatic heterocycles. The molecular weight excluding hydrogens is 615 g/mol. The molecule has 4 aromatic rings. The summed E-state index contributed by atoms with van der Waals surface area (Å²) in [6.45, 7) is 10.2. The van der Waals surface area contributed by atoms with Crippen molar-refractivity contribution in [1.82, 2.24) is 19.5 Å². The van der Waals surface area contributed by atoms with Gasteiger partial charge < -0.3 is 14.4 Å². The van der Waals surface area contributed by atoms with Crippen molar-refractivity contribution in [2.45, 2.75) is 63.8 Å². The van der Waals surface area contributed by atoms with Gasteiger partial charge >= 0.3 is 0 Å². The van der Waals surface area contributed by atoms with Gasteiger partial charge in [-0.15, -0.1) is 0 Å². The summed E-state index contributed by atoms with van der Waals surface area (Å²) in [6.07, 6.45) is 2.85. The summed E-state index contributed by atoms with van der Waals surface area (Å²) < 4.78 is 29.4. The predicted octanol–water partition coefficient (Wildman–Crippen LogP) is 7.63. The number of hydrogen-bond donors (Lipinski definition) is 0. The van der Waals surface area contributed by atoms with E-state index in [1.54, 1.807) is 16.6 Å². The van der Waals surface area contributed by atoms with Gasteiger partial charge in [-0.1, -0.05) is 59.8 Å². The first-order valence-corrected chi connectivity index (χ1v) is 19.1. The van der Waals surface area contributed by atoms with Gasteiger partial charge in [-0.05, 0) is 61.6 Å². The highest BCUT2D eigenvalue weighted by Gasteiger charge is 2.33. The van der Waals surface area contributed by atoms with Gasteiger partial charge in [0.2, 0.25) is 0 Å². The molecular formula is C32H36BrFN4O3Si. The number of halogens is 2. The Morgan fingerprint density at radius 3 is 2.69 bits per heavy atom. The molecule has 0 spiro atoms. The molecule has 1 aliphatic carbocycles. The van der Waals surface area contributed by atoms with E-state index in [9.17, 15) is 4.79 Å². The summed E-state index contributed by atoms with van der Waals surface area (Å²) in [5.74, 6) is 0.0661. The molecule has 0 N–H and O–H groups in total. The Morgan fingerprint density at radius 2 is 1.93 bits per heavy atom. The zero-order valence-electron chi connectivity index (χ0n) is 24.5. The van der Waals surface area contributed by atoms with Crippen molar-refractivity contribution >= 4 is 35.6 Å². The Morgan fingerprint density at radius 1 is 1.14 bits per heavy atom. The maximum atomic E-state index is 15.5. The second kappa shape index (κ2) is 11.5. The van der Waals surface area contributed by atoms with Gasteiger partial charge in [-0.3, -0.25) is 4.79 Å². The van der Waals surface area contributed by atoms with E-state index in [1.807, 2.05) is 23.1 Å². The number of fused-ring (bicyclic) bond motifs is 2. The van der Waals surface area contributed by atoms with Crippen LogP contribution in [0.4, 0.5) is 4.39 Å². The summed E-state index contributed by atoms with van der Waals surface area (Å²) in [5, 5.41) is 4.79. The Bertz CT molecular complexity index is 1650. The largest absolute Gasteiger partial charge is 0.467 e. The fraction of sp³-hybridized carbons (Fsp3) is 0.406. The number of carbonyl (C=O) groups is 1. The molecule has 3 heterocycles. The highest BCUT2D eigenvalue weighted by Crippen LogP contribution is 2.42. The zero-order chi connectivity index (χ0) is 29.6. The topological polar surface area (TPSA) is 69.0 Å². The minimum atomic E-state index is -1.24. The Labute approximate surface area is 255 Å². The number of nitrogens with zero attached hydrogens (tertiary/aromatic N) is 4. The van der Waals surface area contributed by atoms with Crippen molar-refractivity contribution in [2.24, 2.45) is 0 Å². The van der Waals surface area contributed by atoms with Gasteiger partial charge in [0, 0.05) is 43.4 Å².